The number of benzene rings is 1. The molecule has 0 aliphatic carbocycles. The van der Waals surface area contributed by atoms with Crippen molar-refractivity contribution in [2.45, 2.75) is 11.3 Å². The Morgan fingerprint density at radius 3 is 2.50 bits per heavy atom. The van der Waals surface area contributed by atoms with Crippen LogP contribution in [-0.2, 0) is 10.0 Å². The van der Waals surface area contributed by atoms with E-state index in [0.29, 0.717) is 16.6 Å². The second-order valence-corrected chi connectivity index (χ2v) is 9.66. The van der Waals surface area contributed by atoms with Crippen molar-refractivity contribution in [3.05, 3.63) is 28.2 Å². The van der Waals surface area contributed by atoms with E-state index in [-0.39, 0.29) is 10.8 Å². The first-order chi connectivity index (χ1) is 12.2. The molecule has 0 spiro atoms. The van der Waals surface area contributed by atoms with Crippen LogP contribution in [0.25, 0.3) is 0 Å². The molecule has 1 N–H and O–H groups in total. The molecule has 0 radical (unpaired) electrons. The van der Waals surface area contributed by atoms with Gasteiger partial charge in [0.05, 0.1) is 4.90 Å². The lowest BCUT2D eigenvalue weighted by atomic mass is 10.2. The van der Waals surface area contributed by atoms with E-state index in [9.17, 15) is 13.2 Å². The Bertz CT molecular complexity index is 732. The minimum absolute atomic E-state index is 0.0904. The highest BCUT2D eigenvalue weighted by atomic mass is 79.9. The van der Waals surface area contributed by atoms with Gasteiger partial charge in [0.1, 0.15) is 0 Å². The van der Waals surface area contributed by atoms with Gasteiger partial charge in [0, 0.05) is 56.9 Å². The molecule has 1 amide bonds. The van der Waals surface area contributed by atoms with Gasteiger partial charge in [-0.05, 0) is 54.1 Å². The lowest BCUT2D eigenvalue weighted by molar-refractivity contribution is 0.0949. The average Bonchev–Trinajstić information content (AvgIpc) is 2.60. The fourth-order valence-corrected chi connectivity index (χ4v) is 4.56. The van der Waals surface area contributed by atoms with Crippen LogP contribution in [-0.4, -0.2) is 88.8 Å². The third-order valence-corrected chi connectivity index (χ3v) is 7.29. The van der Waals surface area contributed by atoms with Gasteiger partial charge in [0.2, 0.25) is 10.0 Å². The van der Waals surface area contributed by atoms with E-state index < -0.39 is 10.0 Å². The number of hydrogen-bond acceptors (Lipinski definition) is 5. The Kier molecular flexibility index (Phi) is 7.60. The first-order valence-corrected chi connectivity index (χ1v) is 10.9. The summed E-state index contributed by atoms with van der Waals surface area (Å²) in [6, 6.07) is 4.62. The topological polar surface area (TPSA) is 73.0 Å². The normalized spacial score (nSPS) is 16.8. The number of carbonyl (C=O) groups excluding carboxylic acids is 1. The molecule has 146 valence electrons. The van der Waals surface area contributed by atoms with Gasteiger partial charge >= 0.3 is 0 Å². The highest BCUT2D eigenvalue weighted by Gasteiger charge is 2.22. The Morgan fingerprint density at radius 2 is 1.88 bits per heavy atom. The molecule has 1 heterocycles. The van der Waals surface area contributed by atoms with Crippen molar-refractivity contribution in [2.24, 2.45) is 0 Å². The summed E-state index contributed by atoms with van der Waals surface area (Å²) < 4.78 is 26.3. The van der Waals surface area contributed by atoms with Crippen molar-refractivity contribution in [3.8, 4) is 0 Å². The number of sulfonamides is 1. The van der Waals surface area contributed by atoms with Crippen LogP contribution < -0.4 is 5.32 Å². The summed E-state index contributed by atoms with van der Waals surface area (Å²) in [6.07, 6.45) is 0.870. The summed E-state index contributed by atoms with van der Waals surface area (Å²) in [6.45, 7) is 5.79. The molecule has 1 aliphatic heterocycles. The van der Waals surface area contributed by atoms with E-state index in [0.717, 1.165) is 43.4 Å². The molecule has 9 heteroatoms. The van der Waals surface area contributed by atoms with Crippen LogP contribution in [0.5, 0.6) is 0 Å². The van der Waals surface area contributed by atoms with Crippen molar-refractivity contribution < 1.29 is 13.2 Å². The monoisotopic (exact) mass is 446 g/mol. The van der Waals surface area contributed by atoms with Crippen molar-refractivity contribution in [3.63, 3.8) is 0 Å². The van der Waals surface area contributed by atoms with Gasteiger partial charge in [-0.1, -0.05) is 0 Å². The quantitative estimate of drug-likeness (QED) is 0.634. The van der Waals surface area contributed by atoms with Crippen LogP contribution in [0, 0.1) is 0 Å². The minimum Gasteiger partial charge on any atom is -0.352 e. The number of amides is 1. The molecule has 1 aromatic carbocycles. The van der Waals surface area contributed by atoms with E-state index in [2.05, 4.69) is 38.1 Å². The lowest BCUT2D eigenvalue weighted by Crippen LogP contribution is -2.45. The van der Waals surface area contributed by atoms with Gasteiger partial charge in [-0.2, -0.15) is 0 Å². The summed E-state index contributed by atoms with van der Waals surface area (Å²) in [7, 11) is 1.44. The Hall–Kier alpha value is -1.000. The maximum Gasteiger partial charge on any atom is 0.251 e. The number of hydrogen-bond donors (Lipinski definition) is 1. The number of likely N-dealkylation sites (N-methyl/N-ethyl adjacent to an activating group) is 1. The van der Waals surface area contributed by atoms with Gasteiger partial charge in [0.15, 0.2) is 0 Å². The van der Waals surface area contributed by atoms with Gasteiger partial charge in [-0.15, -0.1) is 0 Å². The molecule has 26 heavy (non-hydrogen) atoms. The number of rotatable bonds is 7. The second-order valence-electron chi connectivity index (χ2n) is 6.69. The van der Waals surface area contributed by atoms with Crippen molar-refractivity contribution in [1.82, 2.24) is 19.4 Å². The molecular weight excluding hydrogens is 420 g/mol. The predicted octanol–water partition coefficient (Wildman–Crippen LogP) is 1.07. The molecule has 0 bridgehead atoms. The zero-order chi connectivity index (χ0) is 19.3. The number of nitrogens with zero attached hydrogens (tertiary/aromatic N) is 3. The fraction of sp³-hybridized carbons (Fsp3) is 0.588. The van der Waals surface area contributed by atoms with Gasteiger partial charge < -0.3 is 15.1 Å². The van der Waals surface area contributed by atoms with Gasteiger partial charge in [0.25, 0.3) is 5.91 Å². The van der Waals surface area contributed by atoms with E-state index in [1.807, 2.05) is 0 Å². The van der Waals surface area contributed by atoms with Crippen molar-refractivity contribution in [1.29, 1.82) is 0 Å². The van der Waals surface area contributed by atoms with Crippen molar-refractivity contribution >= 4 is 31.9 Å². The second kappa shape index (κ2) is 9.27. The molecule has 1 fully saturated rings. The highest BCUT2D eigenvalue weighted by Crippen LogP contribution is 2.25. The summed E-state index contributed by atoms with van der Waals surface area (Å²) in [5, 5.41) is 2.87. The van der Waals surface area contributed by atoms with Gasteiger partial charge in [-0.3, -0.25) is 4.79 Å². The molecule has 0 aromatic heterocycles. The molecule has 1 aliphatic rings. The number of nitrogens with one attached hydrogen (secondary N) is 1. The third kappa shape index (κ3) is 5.50. The third-order valence-electron chi connectivity index (χ3n) is 4.48. The van der Waals surface area contributed by atoms with Crippen LogP contribution in [0.2, 0.25) is 0 Å². The maximum absolute atomic E-state index is 12.3. The van der Waals surface area contributed by atoms with E-state index in [4.69, 9.17) is 0 Å². The maximum atomic E-state index is 12.3. The smallest absolute Gasteiger partial charge is 0.251 e. The van der Waals surface area contributed by atoms with Gasteiger partial charge in [-0.25, -0.2) is 12.7 Å². The largest absolute Gasteiger partial charge is 0.352 e. The molecule has 0 unspecified atom stereocenters. The zero-order valence-electron chi connectivity index (χ0n) is 15.5. The van der Waals surface area contributed by atoms with Crippen LogP contribution >= 0.6 is 15.9 Å². The Morgan fingerprint density at radius 1 is 1.23 bits per heavy atom. The standard InChI is InChI=1S/C17H27BrN4O3S/c1-20(2)26(24,25)16-13-14(5-6-15(16)18)17(23)19-7-4-8-22-11-9-21(3)10-12-22/h5-6,13H,4,7-12H2,1-3H3,(H,19,23). The molecule has 1 aromatic rings. The first-order valence-electron chi connectivity index (χ1n) is 8.63. The first kappa shape index (κ1) is 21.3. The lowest BCUT2D eigenvalue weighted by Gasteiger charge is -2.32. The summed E-state index contributed by atoms with van der Waals surface area (Å²) in [5.74, 6) is -0.258. The zero-order valence-corrected chi connectivity index (χ0v) is 17.9. The van der Waals surface area contributed by atoms with E-state index in [1.165, 1.54) is 20.2 Å². The summed E-state index contributed by atoms with van der Waals surface area (Å²) >= 11 is 3.25. The Balaban J connectivity index is 1.90. The fourth-order valence-electron chi connectivity index (χ4n) is 2.72. The SMILES string of the molecule is CN1CCN(CCCNC(=O)c2ccc(Br)c(S(=O)(=O)N(C)C)c2)CC1. The van der Waals surface area contributed by atoms with Crippen LogP contribution in [0.4, 0.5) is 0 Å². The molecule has 0 atom stereocenters. The van der Waals surface area contributed by atoms with Crippen LogP contribution in [0.15, 0.2) is 27.6 Å². The molecule has 0 saturated carbocycles. The molecule has 1 saturated heterocycles. The predicted molar refractivity (Wildman–Crippen MR) is 106 cm³/mol. The number of halogens is 1. The Labute approximate surface area is 164 Å². The average molecular weight is 447 g/mol. The van der Waals surface area contributed by atoms with Crippen molar-refractivity contribution in [2.75, 3.05) is 60.4 Å². The van der Waals surface area contributed by atoms with Crippen LogP contribution in [0.1, 0.15) is 16.8 Å². The number of carbonyl (C=O) groups is 1. The highest BCUT2D eigenvalue weighted by molar-refractivity contribution is 9.10. The molecule has 2 rings (SSSR count). The minimum atomic E-state index is -3.61. The molecular formula is C17H27BrN4O3S. The summed E-state index contributed by atoms with van der Waals surface area (Å²) in [5.41, 5.74) is 0.341. The summed E-state index contributed by atoms with van der Waals surface area (Å²) in [4.78, 5) is 17.1. The van der Waals surface area contributed by atoms with E-state index >= 15 is 0 Å². The van der Waals surface area contributed by atoms with E-state index in [1.54, 1.807) is 12.1 Å². The van der Waals surface area contributed by atoms with Crippen LogP contribution in [0.3, 0.4) is 0 Å². The molecule has 7 nitrogen and oxygen atoms in total. The number of piperazine rings is 1.